The van der Waals surface area contributed by atoms with Gasteiger partial charge in [-0.15, -0.1) is 5.92 Å². The van der Waals surface area contributed by atoms with Gasteiger partial charge in [-0.05, 0) is 20.8 Å². The van der Waals surface area contributed by atoms with E-state index in [-0.39, 0.29) is 0 Å². The number of hydrogen-bond acceptors (Lipinski definition) is 1. The van der Waals surface area contributed by atoms with Gasteiger partial charge in [0.25, 0.3) is 0 Å². The lowest BCUT2D eigenvalue weighted by Crippen LogP contribution is -2.60. The lowest BCUT2D eigenvalue weighted by atomic mass is 9.95. The van der Waals surface area contributed by atoms with Crippen LogP contribution in [0.1, 0.15) is 20.8 Å². The summed E-state index contributed by atoms with van der Waals surface area (Å²) in [5.41, 5.74) is -1.21. The van der Waals surface area contributed by atoms with Crippen molar-refractivity contribution in [2.24, 2.45) is 0 Å². The van der Waals surface area contributed by atoms with Crippen molar-refractivity contribution in [1.29, 1.82) is 0 Å². The summed E-state index contributed by atoms with van der Waals surface area (Å²) in [5, 5.41) is 0. The summed E-state index contributed by atoms with van der Waals surface area (Å²) in [6.07, 6.45) is 0. The lowest BCUT2D eigenvalue weighted by molar-refractivity contribution is -0.00822. The van der Waals surface area contributed by atoms with Gasteiger partial charge in [-0.25, -0.2) is 4.39 Å². The second-order valence-corrected chi connectivity index (χ2v) is 3.34. The summed E-state index contributed by atoms with van der Waals surface area (Å²) in [5.74, 6) is 5.20. The third-order valence-corrected chi connectivity index (χ3v) is 1.99. The molecule has 1 saturated heterocycles. The number of nitrogens with zero attached hydrogens (tertiary/aromatic N) is 1. The van der Waals surface area contributed by atoms with Gasteiger partial charge in [-0.3, -0.25) is 4.90 Å². The fourth-order valence-electron chi connectivity index (χ4n) is 1.27. The van der Waals surface area contributed by atoms with Crippen molar-refractivity contribution >= 4 is 0 Å². The first kappa shape index (κ1) is 8.55. The molecule has 0 N–H and O–H groups in total. The quantitative estimate of drug-likeness (QED) is 0.518. The molecule has 1 fully saturated rings. The predicted molar refractivity (Wildman–Crippen MR) is 44.0 cm³/mol. The molecule has 1 rings (SSSR count). The van der Waals surface area contributed by atoms with Crippen molar-refractivity contribution in [1.82, 2.24) is 4.90 Å². The number of halogens is 1. The highest BCUT2D eigenvalue weighted by Gasteiger charge is 2.42. The summed E-state index contributed by atoms with van der Waals surface area (Å²) < 4.78 is 13.3. The highest BCUT2D eigenvalue weighted by molar-refractivity contribution is 5.20. The van der Waals surface area contributed by atoms with Gasteiger partial charge < -0.3 is 0 Å². The van der Waals surface area contributed by atoms with Gasteiger partial charge in [-0.1, -0.05) is 5.92 Å². The smallest absolute Gasteiger partial charge is 0.195 e. The average Bonchev–Trinajstić information content (AvgIpc) is 1.82. The number of likely N-dealkylation sites (tertiary alicyclic amines) is 1. The average molecular weight is 155 g/mol. The van der Waals surface area contributed by atoms with Gasteiger partial charge in [0.2, 0.25) is 0 Å². The van der Waals surface area contributed by atoms with Crippen molar-refractivity contribution in [3.05, 3.63) is 0 Å². The molecule has 0 aromatic carbocycles. The molecular formula is C9H14FN. The maximum Gasteiger partial charge on any atom is 0.195 e. The standard InChI is InChI=1S/C9H14FN/c1-4-5-9(10)6-11(7-9)8(2)3/h8H,6-7H2,1-3H3. The van der Waals surface area contributed by atoms with Gasteiger partial charge in [-0.2, -0.15) is 0 Å². The zero-order valence-electron chi connectivity index (χ0n) is 7.32. The maximum absolute atomic E-state index is 13.3. The summed E-state index contributed by atoms with van der Waals surface area (Å²) >= 11 is 0. The van der Waals surface area contributed by atoms with Crippen LogP contribution in [0.15, 0.2) is 0 Å². The first-order valence-corrected chi connectivity index (χ1v) is 3.94. The highest BCUT2D eigenvalue weighted by Crippen LogP contribution is 2.26. The summed E-state index contributed by atoms with van der Waals surface area (Å²) in [7, 11) is 0. The molecule has 0 aliphatic carbocycles. The van der Waals surface area contributed by atoms with Gasteiger partial charge in [0.15, 0.2) is 5.67 Å². The molecule has 1 nitrogen and oxygen atoms in total. The van der Waals surface area contributed by atoms with Crippen LogP contribution < -0.4 is 0 Å². The molecule has 1 aliphatic rings. The zero-order chi connectivity index (χ0) is 8.48. The van der Waals surface area contributed by atoms with E-state index in [4.69, 9.17) is 0 Å². The Bertz CT molecular complexity index is 193. The van der Waals surface area contributed by atoms with Crippen LogP contribution in [0.25, 0.3) is 0 Å². The van der Waals surface area contributed by atoms with Crippen molar-refractivity contribution < 1.29 is 4.39 Å². The van der Waals surface area contributed by atoms with E-state index in [1.807, 2.05) is 0 Å². The fourth-order valence-corrected chi connectivity index (χ4v) is 1.27. The molecule has 0 spiro atoms. The van der Waals surface area contributed by atoms with E-state index >= 15 is 0 Å². The van der Waals surface area contributed by atoms with Crippen LogP contribution in [0.4, 0.5) is 4.39 Å². The molecule has 11 heavy (non-hydrogen) atoms. The lowest BCUT2D eigenvalue weighted by Gasteiger charge is -2.43. The molecule has 2 heteroatoms. The van der Waals surface area contributed by atoms with Crippen LogP contribution in [0.3, 0.4) is 0 Å². The van der Waals surface area contributed by atoms with E-state index < -0.39 is 5.67 Å². The Kier molecular flexibility index (Phi) is 2.20. The molecule has 0 bridgehead atoms. The Labute approximate surface area is 67.6 Å². The van der Waals surface area contributed by atoms with E-state index in [0.29, 0.717) is 19.1 Å². The van der Waals surface area contributed by atoms with Gasteiger partial charge in [0.1, 0.15) is 0 Å². The third kappa shape index (κ3) is 1.72. The Morgan fingerprint density at radius 3 is 2.36 bits per heavy atom. The number of alkyl halides is 1. The fraction of sp³-hybridized carbons (Fsp3) is 0.778. The largest absolute Gasteiger partial charge is 0.292 e. The first-order valence-electron chi connectivity index (χ1n) is 3.94. The van der Waals surface area contributed by atoms with Crippen molar-refractivity contribution in [2.75, 3.05) is 13.1 Å². The predicted octanol–water partition coefficient (Wildman–Crippen LogP) is 1.44. The molecule has 0 atom stereocenters. The topological polar surface area (TPSA) is 3.24 Å². The Morgan fingerprint density at radius 1 is 1.45 bits per heavy atom. The molecule has 0 radical (unpaired) electrons. The SMILES string of the molecule is CC#CC1(F)CN(C(C)C)C1. The van der Waals surface area contributed by atoms with E-state index in [9.17, 15) is 4.39 Å². The summed E-state index contributed by atoms with van der Waals surface area (Å²) in [6.45, 7) is 6.77. The molecular weight excluding hydrogens is 141 g/mol. The number of rotatable bonds is 1. The van der Waals surface area contributed by atoms with Crippen LogP contribution in [0.2, 0.25) is 0 Å². The van der Waals surface area contributed by atoms with Gasteiger partial charge in [0, 0.05) is 19.1 Å². The number of hydrogen-bond donors (Lipinski definition) is 0. The van der Waals surface area contributed by atoms with E-state index in [1.54, 1.807) is 6.92 Å². The van der Waals surface area contributed by atoms with E-state index in [2.05, 4.69) is 30.6 Å². The maximum atomic E-state index is 13.3. The summed E-state index contributed by atoms with van der Waals surface area (Å²) in [4.78, 5) is 2.07. The molecule has 0 saturated carbocycles. The molecule has 1 heterocycles. The second-order valence-electron chi connectivity index (χ2n) is 3.34. The van der Waals surface area contributed by atoms with Crippen molar-refractivity contribution in [2.45, 2.75) is 32.5 Å². The summed E-state index contributed by atoms with van der Waals surface area (Å²) in [6, 6.07) is 0.442. The minimum atomic E-state index is -1.21. The minimum absolute atomic E-state index is 0.442. The molecule has 0 amide bonds. The highest BCUT2D eigenvalue weighted by atomic mass is 19.1. The Balaban J connectivity index is 2.42. The zero-order valence-corrected chi connectivity index (χ0v) is 7.32. The normalized spacial score (nSPS) is 22.3. The third-order valence-electron chi connectivity index (χ3n) is 1.99. The monoisotopic (exact) mass is 155 g/mol. The van der Waals surface area contributed by atoms with Crippen LogP contribution >= 0.6 is 0 Å². The Hall–Kier alpha value is -0.550. The van der Waals surface area contributed by atoms with Crippen LogP contribution in [0.5, 0.6) is 0 Å². The molecule has 0 unspecified atom stereocenters. The van der Waals surface area contributed by atoms with E-state index in [0.717, 1.165) is 0 Å². The van der Waals surface area contributed by atoms with Gasteiger partial charge >= 0.3 is 0 Å². The van der Waals surface area contributed by atoms with E-state index in [1.165, 1.54) is 0 Å². The first-order chi connectivity index (χ1) is 5.07. The second kappa shape index (κ2) is 2.83. The van der Waals surface area contributed by atoms with Crippen LogP contribution in [-0.4, -0.2) is 29.7 Å². The van der Waals surface area contributed by atoms with Gasteiger partial charge in [0.05, 0.1) is 0 Å². The van der Waals surface area contributed by atoms with Crippen LogP contribution in [0, 0.1) is 11.8 Å². The molecule has 0 aromatic rings. The molecule has 62 valence electrons. The molecule has 0 aromatic heterocycles. The van der Waals surface area contributed by atoms with Crippen LogP contribution in [-0.2, 0) is 0 Å². The van der Waals surface area contributed by atoms with Crippen molar-refractivity contribution in [3.63, 3.8) is 0 Å². The van der Waals surface area contributed by atoms with Crippen molar-refractivity contribution in [3.8, 4) is 11.8 Å². The Morgan fingerprint density at radius 2 is 2.00 bits per heavy atom. The minimum Gasteiger partial charge on any atom is -0.292 e. The molecule has 1 aliphatic heterocycles.